The Bertz CT molecular complexity index is 1770. The molecule has 1 heterocycles. The first-order valence-electron chi connectivity index (χ1n) is 14.9. The molecule has 4 rings (SSSR count). The zero-order chi connectivity index (χ0) is 33.5. The predicted octanol–water partition coefficient (Wildman–Crippen LogP) is 6.05. The van der Waals surface area contributed by atoms with Crippen molar-refractivity contribution in [3.63, 3.8) is 0 Å². The number of esters is 1. The quantitative estimate of drug-likeness (QED) is 0.129. The third-order valence-corrected chi connectivity index (χ3v) is 9.52. The van der Waals surface area contributed by atoms with E-state index in [1.54, 1.807) is 61.5 Å². The van der Waals surface area contributed by atoms with E-state index < -0.39 is 27.7 Å². The molecule has 0 aliphatic carbocycles. The molecule has 3 aromatic carbocycles. The summed E-state index contributed by atoms with van der Waals surface area (Å²) in [5.41, 5.74) is 0.983. The second-order valence-corrected chi connectivity index (χ2v) is 13.3. The molecule has 0 saturated heterocycles. The number of ether oxygens (including phenoxy) is 2. The summed E-state index contributed by atoms with van der Waals surface area (Å²) >= 11 is 1.34. The van der Waals surface area contributed by atoms with E-state index in [0.29, 0.717) is 47.1 Å². The molecule has 10 nitrogen and oxygen atoms in total. The lowest BCUT2D eigenvalue weighted by Crippen LogP contribution is -2.38. The minimum absolute atomic E-state index is 0.0728. The minimum Gasteiger partial charge on any atom is -0.460 e. The van der Waals surface area contributed by atoms with Crippen molar-refractivity contribution >= 4 is 33.8 Å². The Balaban J connectivity index is 1.59. The molecule has 2 N–H and O–H groups in total. The Hall–Kier alpha value is -4.13. The molecular weight excluding hydrogens is 627 g/mol. The van der Waals surface area contributed by atoms with Crippen molar-refractivity contribution in [3.05, 3.63) is 102 Å². The molecule has 2 atom stereocenters. The molecule has 4 aromatic rings. The molecule has 0 spiro atoms. The first-order valence-corrected chi connectivity index (χ1v) is 17.6. The average Bonchev–Trinajstić information content (AvgIpc) is 3.42. The van der Waals surface area contributed by atoms with E-state index in [-0.39, 0.29) is 17.6 Å². The van der Waals surface area contributed by atoms with Gasteiger partial charge in [0.25, 0.3) is 10.0 Å². The largest absolute Gasteiger partial charge is 0.460 e. The van der Waals surface area contributed by atoms with E-state index in [1.165, 1.54) is 24.8 Å². The van der Waals surface area contributed by atoms with Gasteiger partial charge in [0, 0.05) is 18.5 Å². The van der Waals surface area contributed by atoms with E-state index in [4.69, 9.17) is 14.5 Å². The first kappa shape index (κ1) is 34.7. The number of thioether (sulfide) groups is 1. The highest BCUT2D eigenvalue weighted by molar-refractivity contribution is 7.98. The maximum absolute atomic E-state index is 13.2. The number of sulfonamides is 1. The average molecular weight is 666 g/mol. The zero-order valence-corrected chi connectivity index (χ0v) is 28.2. The summed E-state index contributed by atoms with van der Waals surface area (Å²) in [6, 6.07) is 22.6. The van der Waals surface area contributed by atoms with Gasteiger partial charge in [-0.1, -0.05) is 86.6 Å². The number of hydrogen-bond donors (Lipinski definition) is 2. The van der Waals surface area contributed by atoms with Crippen molar-refractivity contribution in [2.75, 3.05) is 6.26 Å². The number of carbonyl (C=O) groups is 2. The topological polar surface area (TPSA) is 137 Å². The van der Waals surface area contributed by atoms with Crippen LogP contribution in [0.3, 0.4) is 0 Å². The number of hydrogen-bond acceptors (Lipinski definition) is 9. The standard InChI is InChI=1S/C34H39N3O7S2/c1-6-23(3)44-32(38)34(4,40)30-31(45-5)35-29(7-2)37(30)21-24-17-19-26(20-18-24)27-15-11-12-16-28(27)46(41,42)36-33(39)43-22-25-13-9-8-10-14-25/h8-20,23,40H,6-7,21-22H2,1-5H3,(H,36,39). The molecular formula is C34H39N3O7S2. The Labute approximate surface area is 274 Å². The van der Waals surface area contributed by atoms with Crippen LogP contribution in [-0.2, 0) is 49.5 Å². The lowest BCUT2D eigenvalue weighted by atomic mass is 10.0. The monoisotopic (exact) mass is 665 g/mol. The van der Waals surface area contributed by atoms with Gasteiger partial charge < -0.3 is 19.1 Å². The summed E-state index contributed by atoms with van der Waals surface area (Å²) < 4.78 is 40.9. The smallest absolute Gasteiger partial charge is 0.421 e. The normalized spacial score (nSPS) is 13.4. The number of rotatable bonds is 13. The van der Waals surface area contributed by atoms with Crippen molar-refractivity contribution in [1.82, 2.24) is 14.3 Å². The van der Waals surface area contributed by atoms with Crippen LogP contribution < -0.4 is 4.72 Å². The number of aromatic nitrogens is 2. The van der Waals surface area contributed by atoms with E-state index in [2.05, 4.69) is 0 Å². The lowest BCUT2D eigenvalue weighted by molar-refractivity contribution is -0.170. The van der Waals surface area contributed by atoms with Crippen LogP contribution >= 0.6 is 11.8 Å². The number of nitrogens with zero attached hydrogens (tertiary/aromatic N) is 2. The van der Waals surface area contributed by atoms with Gasteiger partial charge >= 0.3 is 12.1 Å². The lowest BCUT2D eigenvalue weighted by Gasteiger charge is -2.26. The molecule has 0 fully saturated rings. The fraction of sp³-hybridized carbons (Fsp3) is 0.324. The molecule has 12 heteroatoms. The van der Waals surface area contributed by atoms with Crippen LogP contribution in [0.25, 0.3) is 11.1 Å². The van der Waals surface area contributed by atoms with E-state index in [9.17, 15) is 23.1 Å². The molecule has 0 bridgehead atoms. The number of nitrogens with one attached hydrogen (secondary N) is 1. The van der Waals surface area contributed by atoms with Crippen molar-refractivity contribution in [3.8, 4) is 11.1 Å². The van der Waals surface area contributed by atoms with Gasteiger partial charge in [0.05, 0.1) is 16.7 Å². The highest BCUT2D eigenvalue weighted by Crippen LogP contribution is 2.34. The number of aryl methyl sites for hydroxylation is 1. The van der Waals surface area contributed by atoms with Gasteiger partial charge in [-0.2, -0.15) is 0 Å². The number of amides is 1. The van der Waals surface area contributed by atoms with Crippen LogP contribution in [0, 0.1) is 0 Å². The van der Waals surface area contributed by atoms with Crippen molar-refractivity contribution < 1.29 is 32.6 Å². The molecule has 0 aliphatic rings. The van der Waals surface area contributed by atoms with Crippen molar-refractivity contribution in [2.45, 2.75) is 75.3 Å². The Kier molecular flexibility index (Phi) is 11.3. The summed E-state index contributed by atoms with van der Waals surface area (Å²) in [5, 5.41) is 12.0. The summed E-state index contributed by atoms with van der Waals surface area (Å²) in [4.78, 5) is 30.1. The van der Waals surface area contributed by atoms with Crippen LogP contribution in [0.1, 0.15) is 56.8 Å². The van der Waals surface area contributed by atoms with Crippen LogP contribution in [0.15, 0.2) is 88.8 Å². The van der Waals surface area contributed by atoms with Gasteiger partial charge in [0.1, 0.15) is 17.5 Å². The third kappa shape index (κ3) is 7.98. The minimum atomic E-state index is -4.26. The van der Waals surface area contributed by atoms with Crippen LogP contribution in [0.2, 0.25) is 0 Å². The Morgan fingerprint density at radius 2 is 1.65 bits per heavy atom. The van der Waals surface area contributed by atoms with Crippen molar-refractivity contribution in [2.24, 2.45) is 0 Å². The van der Waals surface area contributed by atoms with Gasteiger partial charge in [0.15, 0.2) is 0 Å². The molecule has 0 aliphatic heterocycles. The maximum Gasteiger partial charge on any atom is 0.421 e. The molecule has 0 saturated carbocycles. The fourth-order valence-electron chi connectivity index (χ4n) is 4.84. The number of imidazole rings is 1. The second kappa shape index (κ2) is 15.0. The first-order chi connectivity index (χ1) is 21.9. The number of benzene rings is 3. The highest BCUT2D eigenvalue weighted by atomic mass is 32.2. The van der Waals surface area contributed by atoms with Gasteiger partial charge in [-0.05, 0) is 49.3 Å². The van der Waals surface area contributed by atoms with Gasteiger partial charge in [0.2, 0.25) is 5.60 Å². The maximum atomic E-state index is 13.2. The number of carbonyl (C=O) groups excluding carboxylic acids is 2. The van der Waals surface area contributed by atoms with E-state index >= 15 is 0 Å². The van der Waals surface area contributed by atoms with Crippen LogP contribution in [-0.4, -0.2) is 47.5 Å². The predicted molar refractivity (Wildman–Crippen MR) is 177 cm³/mol. The SMILES string of the molecule is CCc1nc(SC)c(C(C)(O)C(=O)OC(C)CC)n1Cc1ccc(-c2ccccc2S(=O)(=O)NC(=O)OCc2ccccc2)cc1. The van der Waals surface area contributed by atoms with E-state index in [0.717, 1.165) is 11.1 Å². The zero-order valence-electron chi connectivity index (χ0n) is 26.5. The molecule has 244 valence electrons. The Morgan fingerprint density at radius 1 is 1.00 bits per heavy atom. The molecule has 1 amide bonds. The highest BCUT2D eigenvalue weighted by Gasteiger charge is 2.41. The van der Waals surface area contributed by atoms with Gasteiger partial charge in [-0.3, -0.25) is 0 Å². The number of aliphatic hydroxyl groups is 1. The Morgan fingerprint density at radius 3 is 2.28 bits per heavy atom. The van der Waals surface area contributed by atoms with Gasteiger partial charge in [-0.25, -0.2) is 27.7 Å². The molecule has 46 heavy (non-hydrogen) atoms. The van der Waals surface area contributed by atoms with E-state index in [1.807, 2.05) is 47.6 Å². The van der Waals surface area contributed by atoms with Crippen molar-refractivity contribution in [1.29, 1.82) is 0 Å². The molecule has 0 radical (unpaired) electrons. The van der Waals surface area contributed by atoms with Gasteiger partial charge in [-0.15, -0.1) is 11.8 Å². The summed E-state index contributed by atoms with van der Waals surface area (Å²) in [5.74, 6) is -0.0478. The fourth-order valence-corrected chi connectivity index (χ4v) is 6.66. The summed E-state index contributed by atoms with van der Waals surface area (Å²) in [6.07, 6.45) is 1.58. The third-order valence-electron chi connectivity index (χ3n) is 7.48. The second-order valence-electron chi connectivity index (χ2n) is 10.9. The van der Waals surface area contributed by atoms with Crippen LogP contribution in [0.4, 0.5) is 4.79 Å². The molecule has 2 unspecified atom stereocenters. The summed E-state index contributed by atoms with van der Waals surface area (Å²) in [6.45, 7) is 7.27. The summed E-state index contributed by atoms with van der Waals surface area (Å²) in [7, 11) is -4.26. The van der Waals surface area contributed by atoms with Crippen LogP contribution in [0.5, 0.6) is 0 Å². The molecule has 1 aromatic heterocycles.